The van der Waals surface area contributed by atoms with Gasteiger partial charge in [0.1, 0.15) is 0 Å². The topological polar surface area (TPSA) is 81.1 Å². The van der Waals surface area contributed by atoms with Crippen LogP contribution in [0.4, 0.5) is 17.1 Å². The molecule has 2 aromatic rings. The third kappa shape index (κ3) is 2.85. The zero-order valence-corrected chi connectivity index (χ0v) is 11.0. The Balaban J connectivity index is 2.25. The Bertz CT molecular complexity index is 635. The van der Waals surface area contributed by atoms with E-state index in [0.717, 1.165) is 16.8 Å². The van der Waals surface area contributed by atoms with Crippen LogP contribution in [0.3, 0.4) is 0 Å². The average molecular weight is 255 g/mol. The lowest BCUT2D eigenvalue weighted by Crippen LogP contribution is -2.15. The van der Waals surface area contributed by atoms with Gasteiger partial charge in [0.2, 0.25) is 0 Å². The van der Waals surface area contributed by atoms with Crippen LogP contribution in [-0.2, 0) is 0 Å². The molecule has 4 heteroatoms. The van der Waals surface area contributed by atoms with Crippen LogP contribution in [0.1, 0.15) is 21.5 Å². The maximum Gasteiger partial charge on any atom is 0.257 e. The summed E-state index contributed by atoms with van der Waals surface area (Å²) in [6.07, 6.45) is 0. The van der Waals surface area contributed by atoms with E-state index in [-0.39, 0.29) is 5.91 Å². The molecule has 2 rings (SSSR count). The van der Waals surface area contributed by atoms with Crippen molar-refractivity contribution >= 4 is 23.0 Å². The van der Waals surface area contributed by atoms with Gasteiger partial charge in [-0.15, -0.1) is 0 Å². The normalized spacial score (nSPS) is 10.2. The van der Waals surface area contributed by atoms with Crippen molar-refractivity contribution in [2.24, 2.45) is 0 Å². The largest absolute Gasteiger partial charge is 0.399 e. The van der Waals surface area contributed by atoms with Crippen LogP contribution >= 0.6 is 0 Å². The number of benzene rings is 2. The Labute approximate surface area is 112 Å². The molecule has 0 unspecified atom stereocenters. The van der Waals surface area contributed by atoms with Crippen molar-refractivity contribution < 1.29 is 4.79 Å². The number of nitrogens with two attached hydrogens (primary N) is 2. The number of hydrogen-bond donors (Lipinski definition) is 3. The van der Waals surface area contributed by atoms with Crippen LogP contribution < -0.4 is 16.8 Å². The third-order valence-corrected chi connectivity index (χ3v) is 2.95. The second-order valence-corrected chi connectivity index (χ2v) is 4.62. The van der Waals surface area contributed by atoms with Gasteiger partial charge in [-0.3, -0.25) is 4.79 Å². The van der Waals surface area contributed by atoms with E-state index in [0.29, 0.717) is 16.9 Å². The van der Waals surface area contributed by atoms with Crippen LogP contribution in [-0.4, -0.2) is 5.91 Å². The molecule has 0 saturated heterocycles. The van der Waals surface area contributed by atoms with Gasteiger partial charge in [-0.05, 0) is 43.7 Å². The lowest BCUT2D eigenvalue weighted by molar-refractivity contribution is 0.102. The van der Waals surface area contributed by atoms with E-state index in [1.807, 2.05) is 32.0 Å². The second-order valence-electron chi connectivity index (χ2n) is 4.62. The van der Waals surface area contributed by atoms with Crippen LogP contribution in [0, 0.1) is 13.8 Å². The summed E-state index contributed by atoms with van der Waals surface area (Å²) in [4.78, 5) is 12.2. The van der Waals surface area contributed by atoms with Gasteiger partial charge < -0.3 is 16.8 Å². The minimum absolute atomic E-state index is 0.232. The number of hydrogen-bond acceptors (Lipinski definition) is 3. The summed E-state index contributed by atoms with van der Waals surface area (Å²) in [5.41, 5.74) is 15.7. The second kappa shape index (κ2) is 5.02. The number of amides is 1. The quantitative estimate of drug-likeness (QED) is 0.722. The number of aryl methyl sites for hydroxylation is 2. The molecule has 0 aliphatic carbocycles. The summed E-state index contributed by atoms with van der Waals surface area (Å²) in [5, 5.41) is 2.85. The van der Waals surface area contributed by atoms with Crippen LogP contribution in [0.5, 0.6) is 0 Å². The van der Waals surface area contributed by atoms with Crippen molar-refractivity contribution in [2.75, 3.05) is 16.8 Å². The van der Waals surface area contributed by atoms with E-state index in [4.69, 9.17) is 11.5 Å². The molecular formula is C15H17N3O. The Morgan fingerprint density at radius 1 is 1.05 bits per heavy atom. The molecule has 0 radical (unpaired) electrons. The van der Waals surface area contributed by atoms with Crippen LogP contribution in [0.2, 0.25) is 0 Å². The van der Waals surface area contributed by atoms with Gasteiger partial charge in [-0.1, -0.05) is 17.7 Å². The van der Waals surface area contributed by atoms with Crippen LogP contribution in [0.15, 0.2) is 36.4 Å². The lowest BCUT2D eigenvalue weighted by atomic mass is 10.1. The SMILES string of the molecule is Cc1ccc(NC(=O)c2ccc(N)cc2N)c(C)c1. The summed E-state index contributed by atoms with van der Waals surface area (Å²) in [6.45, 7) is 3.96. The van der Waals surface area contributed by atoms with Crippen molar-refractivity contribution in [1.82, 2.24) is 0 Å². The van der Waals surface area contributed by atoms with Crippen molar-refractivity contribution in [2.45, 2.75) is 13.8 Å². The molecular weight excluding hydrogens is 238 g/mol. The highest BCUT2D eigenvalue weighted by Crippen LogP contribution is 2.20. The first kappa shape index (κ1) is 13.0. The number of nitrogens with one attached hydrogen (secondary N) is 1. The van der Waals surface area contributed by atoms with E-state index in [1.165, 1.54) is 0 Å². The molecule has 5 N–H and O–H groups in total. The molecule has 0 saturated carbocycles. The molecule has 0 heterocycles. The molecule has 2 aromatic carbocycles. The minimum Gasteiger partial charge on any atom is -0.399 e. The first-order chi connectivity index (χ1) is 8.97. The van der Waals surface area contributed by atoms with E-state index < -0.39 is 0 Å². The number of carbonyl (C=O) groups excluding carboxylic acids is 1. The summed E-state index contributed by atoms with van der Waals surface area (Å²) < 4.78 is 0. The fraction of sp³-hybridized carbons (Fsp3) is 0.133. The zero-order valence-electron chi connectivity index (χ0n) is 11.0. The molecule has 0 spiro atoms. The molecule has 0 atom stereocenters. The highest BCUT2D eigenvalue weighted by Gasteiger charge is 2.11. The highest BCUT2D eigenvalue weighted by molar-refractivity contribution is 6.08. The van der Waals surface area contributed by atoms with Crippen molar-refractivity contribution in [3.8, 4) is 0 Å². The Kier molecular flexibility index (Phi) is 3.42. The standard InChI is InChI=1S/C15H17N3O/c1-9-3-6-14(10(2)7-9)18-15(19)12-5-4-11(16)8-13(12)17/h3-8H,16-17H2,1-2H3,(H,18,19). The van der Waals surface area contributed by atoms with Gasteiger partial charge in [0, 0.05) is 17.1 Å². The predicted octanol–water partition coefficient (Wildman–Crippen LogP) is 2.72. The molecule has 1 amide bonds. The lowest BCUT2D eigenvalue weighted by Gasteiger charge is -2.11. The van der Waals surface area contributed by atoms with Crippen molar-refractivity contribution in [3.05, 3.63) is 53.1 Å². The van der Waals surface area contributed by atoms with Gasteiger partial charge in [0.05, 0.1) is 5.56 Å². The maximum absolute atomic E-state index is 12.2. The Morgan fingerprint density at radius 2 is 1.79 bits per heavy atom. The summed E-state index contributed by atoms with van der Waals surface area (Å²) in [6, 6.07) is 10.7. The first-order valence-corrected chi connectivity index (χ1v) is 6.01. The van der Waals surface area contributed by atoms with E-state index in [9.17, 15) is 4.79 Å². The van der Waals surface area contributed by atoms with E-state index in [1.54, 1.807) is 18.2 Å². The monoisotopic (exact) mass is 255 g/mol. The van der Waals surface area contributed by atoms with Gasteiger partial charge in [-0.2, -0.15) is 0 Å². The fourth-order valence-corrected chi connectivity index (χ4v) is 1.93. The van der Waals surface area contributed by atoms with Crippen molar-refractivity contribution in [1.29, 1.82) is 0 Å². The average Bonchev–Trinajstić information content (AvgIpc) is 2.32. The number of carbonyl (C=O) groups is 1. The molecule has 98 valence electrons. The Morgan fingerprint density at radius 3 is 2.42 bits per heavy atom. The van der Waals surface area contributed by atoms with Gasteiger partial charge in [-0.25, -0.2) is 0 Å². The highest BCUT2D eigenvalue weighted by atomic mass is 16.1. The molecule has 19 heavy (non-hydrogen) atoms. The molecule has 0 aliphatic heterocycles. The molecule has 0 aromatic heterocycles. The predicted molar refractivity (Wildman–Crippen MR) is 79.1 cm³/mol. The number of anilines is 3. The van der Waals surface area contributed by atoms with Gasteiger partial charge in [0.15, 0.2) is 0 Å². The first-order valence-electron chi connectivity index (χ1n) is 6.01. The van der Waals surface area contributed by atoms with Gasteiger partial charge >= 0.3 is 0 Å². The summed E-state index contributed by atoms with van der Waals surface area (Å²) >= 11 is 0. The van der Waals surface area contributed by atoms with Gasteiger partial charge in [0.25, 0.3) is 5.91 Å². The number of rotatable bonds is 2. The van der Waals surface area contributed by atoms with Crippen LogP contribution in [0.25, 0.3) is 0 Å². The summed E-state index contributed by atoms with van der Waals surface area (Å²) in [7, 11) is 0. The van der Waals surface area contributed by atoms with Crippen molar-refractivity contribution in [3.63, 3.8) is 0 Å². The molecule has 0 aliphatic rings. The summed E-state index contributed by atoms with van der Waals surface area (Å²) in [5.74, 6) is -0.232. The van der Waals surface area contributed by atoms with E-state index in [2.05, 4.69) is 5.32 Å². The third-order valence-electron chi connectivity index (χ3n) is 2.95. The smallest absolute Gasteiger partial charge is 0.257 e. The van der Waals surface area contributed by atoms with E-state index >= 15 is 0 Å². The molecule has 0 bridgehead atoms. The number of nitrogen functional groups attached to an aromatic ring is 2. The fourth-order valence-electron chi connectivity index (χ4n) is 1.93. The zero-order chi connectivity index (χ0) is 14.0. The maximum atomic E-state index is 12.2. The molecule has 4 nitrogen and oxygen atoms in total. The Hall–Kier alpha value is -2.49. The molecule has 0 fully saturated rings. The minimum atomic E-state index is -0.232.